The highest BCUT2D eigenvalue weighted by Crippen LogP contribution is 2.34. The fourth-order valence-electron chi connectivity index (χ4n) is 1.28. The highest BCUT2D eigenvalue weighted by Gasteiger charge is 2.48. The van der Waals surface area contributed by atoms with Crippen molar-refractivity contribution in [1.82, 2.24) is 5.32 Å². The van der Waals surface area contributed by atoms with Gasteiger partial charge < -0.3 is 5.32 Å². The van der Waals surface area contributed by atoms with Gasteiger partial charge in [-0.05, 0) is 13.8 Å². The number of alkyl halides is 3. The summed E-state index contributed by atoms with van der Waals surface area (Å²) in [5.74, 6) is -3.16. The lowest BCUT2D eigenvalue weighted by molar-refractivity contribution is -0.113. The van der Waals surface area contributed by atoms with Crippen LogP contribution in [0.4, 0.5) is 13.2 Å². The Hall–Kier alpha value is -0.250. The molecule has 0 bridgehead atoms. The lowest BCUT2D eigenvalue weighted by Gasteiger charge is -2.38. The van der Waals surface area contributed by atoms with E-state index in [4.69, 9.17) is 0 Å². The van der Waals surface area contributed by atoms with Gasteiger partial charge in [0.1, 0.15) is 0 Å². The Morgan fingerprint density at radius 3 is 2.27 bits per heavy atom. The molecule has 0 saturated carbocycles. The second kappa shape index (κ2) is 2.37. The maximum absolute atomic E-state index is 12.7. The molecule has 1 rings (SSSR count). The smallest absolute Gasteiger partial charge is 0.281 e. The van der Waals surface area contributed by atoms with E-state index >= 15 is 0 Å². The first-order valence-corrected chi connectivity index (χ1v) is 3.60. The Bertz CT molecular complexity index is 156. The summed E-state index contributed by atoms with van der Waals surface area (Å²) in [5, 5.41) is 2.71. The van der Waals surface area contributed by atoms with E-state index in [0.29, 0.717) is 0 Å². The number of hydrogen-bond donors (Lipinski definition) is 1. The summed E-state index contributed by atoms with van der Waals surface area (Å²) < 4.78 is 37.8. The van der Waals surface area contributed by atoms with Crippen molar-refractivity contribution < 1.29 is 13.2 Å². The molecule has 0 aromatic carbocycles. The van der Waals surface area contributed by atoms with E-state index in [-0.39, 0.29) is 6.54 Å². The lowest BCUT2D eigenvalue weighted by atomic mass is 9.89. The van der Waals surface area contributed by atoms with E-state index in [0.717, 1.165) is 0 Å². The van der Waals surface area contributed by atoms with Gasteiger partial charge in [-0.1, -0.05) is 0 Å². The summed E-state index contributed by atoms with van der Waals surface area (Å²) in [4.78, 5) is 0. The van der Waals surface area contributed by atoms with Gasteiger partial charge in [0, 0.05) is 18.5 Å². The van der Waals surface area contributed by atoms with Gasteiger partial charge in [0.25, 0.3) is 5.92 Å². The third-order valence-corrected chi connectivity index (χ3v) is 1.90. The lowest BCUT2D eigenvalue weighted by Crippen LogP contribution is -2.57. The molecule has 4 heteroatoms. The summed E-state index contributed by atoms with van der Waals surface area (Å²) in [7, 11) is 0. The normalized spacial score (nSPS) is 35.2. The molecule has 1 fully saturated rings. The van der Waals surface area contributed by atoms with Crippen molar-refractivity contribution >= 4 is 0 Å². The van der Waals surface area contributed by atoms with Crippen molar-refractivity contribution in [2.75, 3.05) is 6.54 Å². The van der Waals surface area contributed by atoms with Gasteiger partial charge in [-0.3, -0.25) is 0 Å². The van der Waals surface area contributed by atoms with Crippen LogP contribution in [0.25, 0.3) is 0 Å². The molecular formula is C7H12F3N. The monoisotopic (exact) mass is 167 g/mol. The molecule has 0 radical (unpaired) electrons. The van der Waals surface area contributed by atoms with Crippen molar-refractivity contribution in [3.05, 3.63) is 0 Å². The molecule has 1 aliphatic heterocycles. The van der Waals surface area contributed by atoms with Crippen molar-refractivity contribution in [2.45, 2.75) is 37.9 Å². The van der Waals surface area contributed by atoms with Crippen LogP contribution >= 0.6 is 0 Å². The van der Waals surface area contributed by atoms with Gasteiger partial charge in [0.15, 0.2) is 6.17 Å². The Balaban J connectivity index is 2.67. The minimum Gasteiger partial charge on any atom is -0.308 e. The quantitative estimate of drug-likeness (QED) is 0.579. The maximum Gasteiger partial charge on any atom is 0.281 e. The van der Waals surface area contributed by atoms with E-state index < -0.39 is 24.1 Å². The second-order valence-electron chi connectivity index (χ2n) is 3.67. The van der Waals surface area contributed by atoms with Crippen molar-refractivity contribution in [1.29, 1.82) is 0 Å². The first-order chi connectivity index (χ1) is 4.83. The fraction of sp³-hybridized carbons (Fsp3) is 1.00. The van der Waals surface area contributed by atoms with Gasteiger partial charge in [0.05, 0.1) is 0 Å². The Kier molecular flexibility index (Phi) is 1.90. The highest BCUT2D eigenvalue weighted by atomic mass is 19.3. The maximum atomic E-state index is 12.7. The topological polar surface area (TPSA) is 12.0 Å². The predicted octanol–water partition coefficient (Wildman–Crippen LogP) is 1.73. The molecular weight excluding hydrogens is 155 g/mol. The number of hydrogen-bond acceptors (Lipinski definition) is 1. The van der Waals surface area contributed by atoms with Crippen molar-refractivity contribution in [3.63, 3.8) is 0 Å². The Labute approximate surface area is 64.0 Å². The van der Waals surface area contributed by atoms with E-state index in [9.17, 15) is 13.2 Å². The summed E-state index contributed by atoms with van der Waals surface area (Å²) in [5.41, 5.74) is -0.647. The summed E-state index contributed by atoms with van der Waals surface area (Å²) in [6.07, 6.45) is -2.46. The van der Waals surface area contributed by atoms with Crippen LogP contribution in [0.3, 0.4) is 0 Å². The average Bonchev–Trinajstić information content (AvgIpc) is 1.77. The van der Waals surface area contributed by atoms with Gasteiger partial charge in [0.2, 0.25) is 0 Å². The molecule has 0 spiro atoms. The van der Waals surface area contributed by atoms with Gasteiger partial charge in [-0.25, -0.2) is 13.2 Å². The van der Waals surface area contributed by atoms with Crippen LogP contribution in [0.15, 0.2) is 0 Å². The zero-order valence-electron chi connectivity index (χ0n) is 6.63. The van der Waals surface area contributed by atoms with Gasteiger partial charge >= 0.3 is 0 Å². The van der Waals surface area contributed by atoms with E-state index in [1.807, 2.05) is 0 Å². The Morgan fingerprint density at radius 2 is 1.91 bits per heavy atom. The van der Waals surface area contributed by atoms with Crippen LogP contribution in [0.1, 0.15) is 20.3 Å². The molecule has 1 heterocycles. The molecule has 66 valence electrons. The van der Waals surface area contributed by atoms with E-state index in [2.05, 4.69) is 5.32 Å². The van der Waals surface area contributed by atoms with E-state index in [1.54, 1.807) is 13.8 Å². The summed E-state index contributed by atoms with van der Waals surface area (Å²) >= 11 is 0. The molecule has 11 heavy (non-hydrogen) atoms. The minimum absolute atomic E-state index is 0.250. The van der Waals surface area contributed by atoms with Crippen molar-refractivity contribution in [2.24, 2.45) is 0 Å². The zero-order valence-corrected chi connectivity index (χ0v) is 6.63. The molecule has 1 atom stereocenters. The molecule has 1 nitrogen and oxygen atoms in total. The third kappa shape index (κ3) is 1.86. The number of halogens is 3. The second-order valence-corrected chi connectivity index (χ2v) is 3.67. The van der Waals surface area contributed by atoms with Gasteiger partial charge in [-0.15, -0.1) is 0 Å². The number of nitrogens with one attached hydrogen (secondary N) is 1. The average molecular weight is 167 g/mol. The van der Waals surface area contributed by atoms with E-state index in [1.165, 1.54) is 0 Å². The van der Waals surface area contributed by atoms with Crippen LogP contribution < -0.4 is 5.32 Å². The third-order valence-electron chi connectivity index (χ3n) is 1.90. The molecule has 0 amide bonds. The van der Waals surface area contributed by atoms with Crippen LogP contribution in [0.5, 0.6) is 0 Å². The van der Waals surface area contributed by atoms with Crippen LogP contribution in [-0.2, 0) is 0 Å². The zero-order chi connectivity index (χ0) is 8.70. The number of piperidine rings is 1. The van der Waals surface area contributed by atoms with Crippen LogP contribution in [0, 0.1) is 0 Å². The summed E-state index contributed by atoms with van der Waals surface area (Å²) in [6, 6.07) is 0. The predicted molar refractivity (Wildman–Crippen MR) is 36.5 cm³/mol. The molecule has 1 N–H and O–H groups in total. The largest absolute Gasteiger partial charge is 0.308 e. The molecule has 0 aromatic heterocycles. The fourth-order valence-corrected chi connectivity index (χ4v) is 1.28. The van der Waals surface area contributed by atoms with Gasteiger partial charge in [-0.2, -0.15) is 0 Å². The van der Waals surface area contributed by atoms with Crippen LogP contribution in [0.2, 0.25) is 0 Å². The van der Waals surface area contributed by atoms with Crippen molar-refractivity contribution in [3.8, 4) is 0 Å². The Morgan fingerprint density at radius 1 is 1.36 bits per heavy atom. The highest BCUT2D eigenvalue weighted by molar-refractivity contribution is 4.95. The minimum atomic E-state index is -3.16. The molecule has 0 aromatic rings. The molecule has 0 aliphatic carbocycles. The molecule has 1 saturated heterocycles. The number of rotatable bonds is 0. The standard InChI is InChI=1S/C7H12F3N/c1-6(2)4-7(9,10)5(8)3-11-6/h5,11H,3-4H2,1-2H3. The SMILES string of the molecule is CC1(C)CC(F)(F)C(F)CN1. The first-order valence-electron chi connectivity index (χ1n) is 3.60. The first kappa shape index (κ1) is 8.84. The molecule has 1 aliphatic rings. The molecule has 1 unspecified atom stereocenters. The van der Waals surface area contributed by atoms with Crippen LogP contribution in [-0.4, -0.2) is 24.2 Å². The summed E-state index contributed by atoms with van der Waals surface area (Å²) in [6.45, 7) is 3.04.